The molecule has 8 nitrogen and oxygen atoms in total. The number of anilines is 2. The fraction of sp³-hybridized carbons (Fsp3) is 0.417. The van der Waals surface area contributed by atoms with Crippen molar-refractivity contribution in [2.24, 2.45) is 0 Å². The van der Waals surface area contributed by atoms with E-state index in [1.165, 1.54) is 0 Å². The number of hydrogen-bond acceptors (Lipinski definition) is 5. The van der Waals surface area contributed by atoms with E-state index in [1.807, 2.05) is 19.9 Å². The molecule has 1 aliphatic heterocycles. The molecule has 0 unspecified atom stereocenters. The molecule has 9 heteroatoms. The summed E-state index contributed by atoms with van der Waals surface area (Å²) in [4.78, 5) is 28.1. The first-order valence-corrected chi connectivity index (χ1v) is 12.8. The lowest BCUT2D eigenvalue weighted by atomic mass is 10.1. The maximum atomic E-state index is 13.3. The third kappa shape index (κ3) is 5.72. The highest BCUT2D eigenvalue weighted by Crippen LogP contribution is 2.26. The van der Waals surface area contributed by atoms with E-state index in [9.17, 15) is 18.0 Å². The maximum absolute atomic E-state index is 13.3. The van der Waals surface area contributed by atoms with Gasteiger partial charge >= 0.3 is 0 Å². The van der Waals surface area contributed by atoms with Crippen molar-refractivity contribution in [3.05, 3.63) is 59.2 Å². The van der Waals surface area contributed by atoms with E-state index in [0.717, 1.165) is 21.7 Å². The summed E-state index contributed by atoms with van der Waals surface area (Å²) in [6.45, 7) is 7.49. The first-order valence-electron chi connectivity index (χ1n) is 11.0. The first-order chi connectivity index (χ1) is 15.6. The number of carbonyl (C=O) groups is 2. The molecule has 0 saturated carbocycles. The van der Waals surface area contributed by atoms with Gasteiger partial charge in [-0.05, 0) is 55.7 Å². The van der Waals surface area contributed by atoms with Crippen LogP contribution in [0.5, 0.6) is 0 Å². The van der Waals surface area contributed by atoms with Crippen molar-refractivity contribution in [1.82, 2.24) is 4.90 Å². The third-order valence-electron chi connectivity index (χ3n) is 5.79. The molecule has 3 rings (SSSR count). The number of nitrogens with one attached hydrogen (secondary N) is 1. The van der Waals surface area contributed by atoms with Gasteiger partial charge in [0.2, 0.25) is 15.9 Å². The number of sulfonamides is 1. The lowest BCUT2D eigenvalue weighted by molar-refractivity contribution is -0.117. The summed E-state index contributed by atoms with van der Waals surface area (Å²) in [6.07, 6.45) is 1.35. The Balaban J connectivity index is 1.91. The van der Waals surface area contributed by atoms with E-state index in [1.54, 1.807) is 48.2 Å². The summed E-state index contributed by atoms with van der Waals surface area (Å²) in [5, 5.41) is 2.81. The Hall–Kier alpha value is -2.91. The molecule has 0 aromatic heterocycles. The van der Waals surface area contributed by atoms with Crippen molar-refractivity contribution in [2.75, 3.05) is 42.2 Å². The molecular formula is C24H31N3O5S. The maximum Gasteiger partial charge on any atom is 0.256 e. The van der Waals surface area contributed by atoms with Gasteiger partial charge in [-0.25, -0.2) is 8.42 Å². The third-order valence-corrected chi connectivity index (χ3v) is 6.97. The summed E-state index contributed by atoms with van der Waals surface area (Å²) < 4.78 is 32.0. The number of amides is 2. The van der Waals surface area contributed by atoms with Crippen molar-refractivity contribution < 1.29 is 22.7 Å². The highest BCUT2D eigenvalue weighted by molar-refractivity contribution is 7.92. The summed E-state index contributed by atoms with van der Waals surface area (Å²) >= 11 is 0. The Morgan fingerprint density at radius 2 is 1.76 bits per heavy atom. The molecule has 0 aliphatic carbocycles. The first kappa shape index (κ1) is 24.7. The number of nitrogens with zero attached hydrogens (tertiary/aromatic N) is 2. The number of rotatable bonds is 7. The monoisotopic (exact) mass is 473 g/mol. The van der Waals surface area contributed by atoms with E-state index in [0.29, 0.717) is 43.2 Å². The zero-order valence-electron chi connectivity index (χ0n) is 19.5. The van der Waals surface area contributed by atoms with Crippen molar-refractivity contribution in [1.29, 1.82) is 0 Å². The molecule has 2 amide bonds. The minimum Gasteiger partial charge on any atom is -0.378 e. The standard InChI is InChI=1S/C24H31N3O5S/c1-5-22(27(33(4,30)31)19-11-10-17(2)18(3)16-19)23(28)25-21-9-7-6-8-20(21)24(29)26-12-14-32-15-13-26/h6-11,16,22H,5,12-15H2,1-4H3,(H,25,28)/t22-/m0/s1. The van der Waals surface area contributed by atoms with Crippen molar-refractivity contribution in [2.45, 2.75) is 33.2 Å². The minimum absolute atomic E-state index is 0.198. The van der Waals surface area contributed by atoms with Crippen LogP contribution in [0.15, 0.2) is 42.5 Å². The summed E-state index contributed by atoms with van der Waals surface area (Å²) in [5.74, 6) is -0.695. The Labute approximate surface area is 195 Å². The average molecular weight is 474 g/mol. The fourth-order valence-corrected chi connectivity index (χ4v) is 5.06. The summed E-state index contributed by atoms with van der Waals surface area (Å²) in [5.41, 5.74) is 3.10. The molecule has 1 N–H and O–H groups in total. The average Bonchev–Trinajstić information content (AvgIpc) is 2.79. The number of hydrogen-bond donors (Lipinski definition) is 1. The van der Waals surface area contributed by atoms with Crippen molar-refractivity contribution in [3.8, 4) is 0 Å². The minimum atomic E-state index is -3.76. The van der Waals surface area contributed by atoms with Crippen molar-refractivity contribution >= 4 is 33.2 Å². The number of carbonyl (C=O) groups excluding carboxylic acids is 2. The Kier molecular flexibility index (Phi) is 7.76. The highest BCUT2D eigenvalue weighted by atomic mass is 32.2. The van der Waals surface area contributed by atoms with E-state index in [-0.39, 0.29) is 12.3 Å². The quantitative estimate of drug-likeness (QED) is 0.667. The number of morpholine rings is 1. The van der Waals surface area contributed by atoms with Gasteiger partial charge in [-0.15, -0.1) is 0 Å². The van der Waals surface area contributed by atoms with E-state index >= 15 is 0 Å². The topological polar surface area (TPSA) is 96.0 Å². The molecule has 0 radical (unpaired) electrons. The number of aryl methyl sites for hydroxylation is 2. The van der Waals surface area contributed by atoms with E-state index in [2.05, 4.69) is 5.32 Å². The SMILES string of the molecule is CC[C@@H](C(=O)Nc1ccccc1C(=O)N1CCOCC1)N(c1ccc(C)c(C)c1)S(C)(=O)=O. The molecule has 1 atom stereocenters. The Bertz CT molecular complexity index is 1130. The molecule has 1 fully saturated rings. The van der Waals surface area contributed by atoms with Crippen molar-refractivity contribution in [3.63, 3.8) is 0 Å². The van der Waals surface area contributed by atoms with E-state index < -0.39 is 22.0 Å². The van der Waals surface area contributed by atoms with Gasteiger partial charge in [0.05, 0.1) is 36.4 Å². The van der Waals surface area contributed by atoms with Gasteiger partial charge in [-0.3, -0.25) is 13.9 Å². The molecule has 178 valence electrons. The fourth-order valence-electron chi connectivity index (χ4n) is 3.85. The summed E-state index contributed by atoms with van der Waals surface area (Å²) in [6, 6.07) is 11.1. The van der Waals surface area contributed by atoms with Gasteiger partial charge in [-0.1, -0.05) is 25.1 Å². The van der Waals surface area contributed by atoms with Crippen LogP contribution in [-0.2, 0) is 19.6 Å². The molecular weight excluding hydrogens is 442 g/mol. The smallest absolute Gasteiger partial charge is 0.256 e. The molecule has 1 aliphatic rings. The van der Waals surface area contributed by atoms with Gasteiger partial charge < -0.3 is 15.0 Å². The second-order valence-electron chi connectivity index (χ2n) is 8.19. The highest BCUT2D eigenvalue weighted by Gasteiger charge is 2.32. The lowest BCUT2D eigenvalue weighted by Gasteiger charge is -2.31. The largest absolute Gasteiger partial charge is 0.378 e. The second-order valence-corrected chi connectivity index (χ2v) is 10.1. The zero-order chi connectivity index (χ0) is 24.2. The Morgan fingerprint density at radius 3 is 2.36 bits per heavy atom. The van der Waals surface area contributed by atoms with Crippen LogP contribution in [-0.4, -0.2) is 63.7 Å². The van der Waals surface area contributed by atoms with Crippen LogP contribution in [0.25, 0.3) is 0 Å². The van der Waals surface area contributed by atoms with Gasteiger partial charge in [-0.2, -0.15) is 0 Å². The van der Waals surface area contributed by atoms with Crippen LogP contribution in [0.3, 0.4) is 0 Å². The second kappa shape index (κ2) is 10.4. The molecule has 2 aromatic carbocycles. The van der Waals surface area contributed by atoms with Gasteiger partial charge in [0, 0.05) is 13.1 Å². The van der Waals surface area contributed by atoms with Crippen LogP contribution in [0.4, 0.5) is 11.4 Å². The molecule has 2 aromatic rings. The predicted molar refractivity (Wildman–Crippen MR) is 129 cm³/mol. The number of ether oxygens (including phenoxy) is 1. The molecule has 0 spiro atoms. The van der Waals surface area contributed by atoms with E-state index in [4.69, 9.17) is 4.74 Å². The molecule has 1 heterocycles. The zero-order valence-corrected chi connectivity index (χ0v) is 20.3. The van der Waals surface area contributed by atoms with Crippen LogP contribution in [0.2, 0.25) is 0 Å². The molecule has 1 saturated heterocycles. The van der Waals surface area contributed by atoms with Crippen LogP contribution in [0.1, 0.15) is 34.8 Å². The normalized spacial score (nSPS) is 15.1. The number of benzene rings is 2. The van der Waals surface area contributed by atoms with Gasteiger partial charge in [0.15, 0.2) is 0 Å². The lowest BCUT2D eigenvalue weighted by Crippen LogP contribution is -2.47. The number of para-hydroxylation sites is 1. The van der Waals surface area contributed by atoms with Gasteiger partial charge in [0.1, 0.15) is 6.04 Å². The summed E-state index contributed by atoms with van der Waals surface area (Å²) in [7, 11) is -3.76. The predicted octanol–water partition coefficient (Wildman–Crippen LogP) is 2.96. The molecule has 33 heavy (non-hydrogen) atoms. The van der Waals surface area contributed by atoms with Gasteiger partial charge in [0.25, 0.3) is 5.91 Å². The van der Waals surface area contributed by atoms with Crippen LogP contribution < -0.4 is 9.62 Å². The Morgan fingerprint density at radius 1 is 1.09 bits per heavy atom. The molecule has 0 bridgehead atoms. The van der Waals surface area contributed by atoms with Crippen LogP contribution in [0, 0.1) is 13.8 Å². The van der Waals surface area contributed by atoms with Crippen LogP contribution >= 0.6 is 0 Å².